The number of nitrogens with zero attached hydrogens (tertiary/aromatic N) is 1. The van der Waals surface area contributed by atoms with Gasteiger partial charge in [0.05, 0.1) is 5.75 Å². The van der Waals surface area contributed by atoms with Crippen LogP contribution in [-0.2, 0) is 23.2 Å². The molecule has 6 nitrogen and oxygen atoms in total. The van der Waals surface area contributed by atoms with Crippen LogP contribution in [0.15, 0.2) is 24.5 Å². The second kappa shape index (κ2) is 5.76. The summed E-state index contributed by atoms with van der Waals surface area (Å²) in [6.45, 7) is 0.387. The fourth-order valence-electron chi connectivity index (χ4n) is 1.02. The first-order valence-electron chi connectivity index (χ1n) is 4.14. The van der Waals surface area contributed by atoms with Crippen LogP contribution in [0.3, 0.4) is 0 Å². The molecule has 7 heteroatoms. The zero-order chi connectivity index (χ0) is 10.6. The van der Waals surface area contributed by atoms with Gasteiger partial charge in [0.15, 0.2) is 19.1 Å². The van der Waals surface area contributed by atoms with E-state index >= 15 is 0 Å². The van der Waals surface area contributed by atoms with Gasteiger partial charge in [-0.2, -0.15) is 13.0 Å². The Balaban J connectivity index is 0.00000196. The topological polar surface area (TPSA) is 114 Å². The van der Waals surface area contributed by atoms with Gasteiger partial charge in [0.1, 0.15) is 0 Å². The molecule has 1 rings (SSSR count). The first kappa shape index (κ1) is 14.0. The predicted molar refractivity (Wildman–Crippen MR) is 52.9 cm³/mol. The van der Waals surface area contributed by atoms with Crippen molar-refractivity contribution >= 4 is 10.1 Å². The molecule has 0 saturated carbocycles. The van der Waals surface area contributed by atoms with Gasteiger partial charge in [0.2, 0.25) is 0 Å². The highest BCUT2D eigenvalue weighted by Crippen LogP contribution is 1.98. The Hall–Kier alpha value is -1.02. The van der Waals surface area contributed by atoms with Crippen LogP contribution in [-0.4, -0.2) is 24.2 Å². The molecule has 0 aliphatic heterocycles. The minimum Gasteiger partial charge on any atom is -0.870 e. The highest BCUT2D eigenvalue weighted by molar-refractivity contribution is 7.85. The number of nitrogens with two attached hydrogens (primary N) is 1. The maximum atomic E-state index is 10.5. The monoisotopic (exact) mass is 234 g/mol. The molecule has 1 aromatic heterocycles. The Morgan fingerprint density at radius 1 is 1.33 bits per heavy atom. The SMILES string of the molecule is NC[n+]1ccc(CCS(=O)(=O)O)cc1.[OH-]. The molecule has 0 aliphatic carbocycles. The lowest BCUT2D eigenvalue weighted by Crippen LogP contribution is -2.37. The molecule has 0 atom stereocenters. The van der Waals surface area contributed by atoms with E-state index in [4.69, 9.17) is 10.3 Å². The molecule has 1 aromatic rings. The minimum atomic E-state index is -3.87. The second-order valence-electron chi connectivity index (χ2n) is 2.94. The van der Waals surface area contributed by atoms with E-state index in [2.05, 4.69) is 0 Å². The van der Waals surface area contributed by atoms with E-state index < -0.39 is 10.1 Å². The largest absolute Gasteiger partial charge is 0.870 e. The molecule has 0 bridgehead atoms. The standard InChI is InChI=1S/C8H12N2O3S.H2O/c9-7-10-4-1-8(2-5-10)3-6-14(11,12)13;/h1-2,4-5H,3,6-7,9H2;1H2. The molecule has 1 heterocycles. The number of aromatic nitrogens is 1. The summed E-state index contributed by atoms with van der Waals surface area (Å²) < 4.78 is 31.2. The normalized spacial score (nSPS) is 10.8. The van der Waals surface area contributed by atoms with Gasteiger partial charge in [-0.3, -0.25) is 10.3 Å². The Morgan fingerprint density at radius 3 is 2.27 bits per heavy atom. The lowest BCUT2D eigenvalue weighted by atomic mass is 10.2. The number of rotatable bonds is 4. The van der Waals surface area contributed by atoms with Crippen LogP contribution >= 0.6 is 0 Å². The van der Waals surface area contributed by atoms with Crippen molar-refractivity contribution in [1.29, 1.82) is 0 Å². The zero-order valence-corrected chi connectivity index (χ0v) is 8.89. The van der Waals surface area contributed by atoms with Gasteiger partial charge in [-0.05, 0) is 12.0 Å². The summed E-state index contributed by atoms with van der Waals surface area (Å²) in [6.07, 6.45) is 3.84. The summed E-state index contributed by atoms with van der Waals surface area (Å²) >= 11 is 0. The van der Waals surface area contributed by atoms with Crippen molar-refractivity contribution in [3.8, 4) is 0 Å². The van der Waals surface area contributed by atoms with E-state index in [0.29, 0.717) is 13.1 Å². The third kappa shape index (κ3) is 5.43. The van der Waals surface area contributed by atoms with Gasteiger partial charge in [0.25, 0.3) is 10.1 Å². The molecule has 0 spiro atoms. The zero-order valence-electron chi connectivity index (χ0n) is 8.07. The van der Waals surface area contributed by atoms with E-state index in [1.165, 1.54) is 0 Å². The van der Waals surface area contributed by atoms with Gasteiger partial charge >= 0.3 is 0 Å². The van der Waals surface area contributed by atoms with Crippen LogP contribution in [0.25, 0.3) is 0 Å². The molecule has 0 unspecified atom stereocenters. The molecular formula is C8H14N2O4S. The quantitative estimate of drug-likeness (QED) is 0.520. The summed E-state index contributed by atoms with van der Waals surface area (Å²) in [5.74, 6) is -0.250. The summed E-state index contributed by atoms with van der Waals surface area (Å²) in [5, 5.41) is 0. The third-order valence-corrected chi connectivity index (χ3v) is 2.54. The van der Waals surface area contributed by atoms with Crippen LogP contribution in [0.2, 0.25) is 0 Å². The molecule has 0 saturated heterocycles. The molecule has 0 fully saturated rings. The first-order chi connectivity index (χ1) is 6.51. The predicted octanol–water partition coefficient (Wildman–Crippen LogP) is -0.856. The minimum absolute atomic E-state index is 0. The van der Waals surface area contributed by atoms with Crippen molar-refractivity contribution in [3.63, 3.8) is 0 Å². The summed E-state index contributed by atoms with van der Waals surface area (Å²) in [7, 11) is -3.87. The highest BCUT2D eigenvalue weighted by atomic mass is 32.2. The van der Waals surface area contributed by atoms with Gasteiger partial charge in [-0.1, -0.05) is 0 Å². The smallest absolute Gasteiger partial charge is 0.265 e. The molecule has 0 aliphatic rings. The van der Waals surface area contributed by atoms with Crippen molar-refractivity contribution in [1.82, 2.24) is 0 Å². The van der Waals surface area contributed by atoms with E-state index in [1.807, 2.05) is 0 Å². The average Bonchev–Trinajstić information content (AvgIpc) is 2.14. The first-order valence-corrected chi connectivity index (χ1v) is 5.75. The Kier molecular flexibility index (Phi) is 5.37. The fraction of sp³-hybridized carbons (Fsp3) is 0.375. The maximum absolute atomic E-state index is 10.5. The lowest BCUT2D eigenvalue weighted by molar-refractivity contribution is -0.696. The van der Waals surface area contributed by atoms with E-state index in [1.54, 1.807) is 29.1 Å². The van der Waals surface area contributed by atoms with E-state index in [0.717, 1.165) is 5.56 Å². The van der Waals surface area contributed by atoms with Gasteiger partial charge in [-0.15, -0.1) is 0 Å². The second-order valence-corrected chi connectivity index (χ2v) is 4.51. The van der Waals surface area contributed by atoms with Crippen LogP contribution < -0.4 is 10.3 Å². The number of pyridine rings is 1. The molecule has 0 amide bonds. The van der Waals surface area contributed by atoms with Crippen molar-refractivity contribution < 1.29 is 23.0 Å². The van der Waals surface area contributed by atoms with Crippen molar-refractivity contribution in [2.24, 2.45) is 5.73 Å². The number of hydrogen-bond acceptors (Lipinski definition) is 4. The van der Waals surface area contributed by atoms with Crippen molar-refractivity contribution in [2.45, 2.75) is 13.1 Å². The number of hydrogen-bond donors (Lipinski definition) is 2. The number of aryl methyl sites for hydroxylation is 1. The van der Waals surface area contributed by atoms with Crippen molar-refractivity contribution in [2.75, 3.05) is 5.75 Å². The van der Waals surface area contributed by atoms with Gasteiger partial charge < -0.3 is 5.48 Å². The van der Waals surface area contributed by atoms with Crippen LogP contribution in [0, 0.1) is 0 Å². The lowest BCUT2D eigenvalue weighted by Gasteiger charge is -1.97. The summed E-state index contributed by atoms with van der Waals surface area (Å²) in [6, 6.07) is 3.55. The van der Waals surface area contributed by atoms with Crippen molar-refractivity contribution in [3.05, 3.63) is 30.1 Å². The van der Waals surface area contributed by atoms with Crippen LogP contribution in [0.1, 0.15) is 5.56 Å². The summed E-state index contributed by atoms with van der Waals surface area (Å²) in [4.78, 5) is 0. The highest BCUT2D eigenvalue weighted by Gasteiger charge is 2.05. The molecular weight excluding hydrogens is 220 g/mol. The van der Waals surface area contributed by atoms with Gasteiger partial charge in [-0.25, -0.2) is 0 Å². The molecule has 15 heavy (non-hydrogen) atoms. The average molecular weight is 234 g/mol. The third-order valence-electron chi connectivity index (χ3n) is 1.82. The Morgan fingerprint density at radius 2 is 1.87 bits per heavy atom. The Labute approximate surface area is 88.4 Å². The molecule has 4 N–H and O–H groups in total. The van der Waals surface area contributed by atoms with E-state index in [9.17, 15) is 8.42 Å². The fourth-order valence-corrected chi connectivity index (χ4v) is 1.52. The molecule has 0 radical (unpaired) electrons. The van der Waals surface area contributed by atoms with Crippen LogP contribution in [0.5, 0.6) is 0 Å². The summed E-state index contributed by atoms with van der Waals surface area (Å²) in [5.41, 5.74) is 6.22. The molecule has 86 valence electrons. The Bertz CT molecular complexity index is 388. The van der Waals surface area contributed by atoms with E-state index in [-0.39, 0.29) is 11.2 Å². The molecule has 0 aromatic carbocycles. The maximum Gasteiger partial charge on any atom is 0.265 e. The van der Waals surface area contributed by atoms with Gasteiger partial charge in [0, 0.05) is 12.1 Å². The van der Waals surface area contributed by atoms with Crippen LogP contribution in [0.4, 0.5) is 0 Å².